The first-order valence-corrected chi connectivity index (χ1v) is 8.73. The van der Waals surface area contributed by atoms with Crippen LogP contribution in [0.1, 0.15) is 90.4 Å². The molecule has 0 unspecified atom stereocenters. The van der Waals surface area contributed by atoms with Gasteiger partial charge in [-0.25, -0.2) is 0 Å². The number of carbonyl (C=O) groups is 1. The zero-order chi connectivity index (χ0) is 15.8. The van der Waals surface area contributed by atoms with Crippen LogP contribution < -0.4 is 0 Å². The van der Waals surface area contributed by atoms with Gasteiger partial charge in [0.2, 0.25) is 0 Å². The number of hydrogen-bond donors (Lipinski definition) is 1. The van der Waals surface area contributed by atoms with E-state index in [1.54, 1.807) is 0 Å². The fraction of sp³-hybridized carbons (Fsp3) is 0.737. The molecule has 0 saturated heterocycles. The van der Waals surface area contributed by atoms with Gasteiger partial charge in [-0.3, -0.25) is 4.79 Å². The number of rotatable bonds is 15. The maximum absolute atomic E-state index is 10.4. The summed E-state index contributed by atoms with van der Waals surface area (Å²) in [7, 11) is 0. The number of aliphatic carboxylic acids is 1. The second-order valence-corrected chi connectivity index (χ2v) is 5.93. The first-order valence-electron chi connectivity index (χ1n) is 8.73. The molecule has 1 N–H and O–H groups in total. The van der Waals surface area contributed by atoms with Crippen molar-refractivity contribution in [3.05, 3.63) is 24.3 Å². The Morgan fingerprint density at radius 1 is 0.905 bits per heavy atom. The third kappa shape index (κ3) is 16.9. The van der Waals surface area contributed by atoms with Gasteiger partial charge in [0.1, 0.15) is 0 Å². The fourth-order valence-electron chi connectivity index (χ4n) is 2.36. The molecule has 0 amide bonds. The van der Waals surface area contributed by atoms with E-state index in [-0.39, 0.29) is 0 Å². The van der Waals surface area contributed by atoms with Gasteiger partial charge in [-0.1, -0.05) is 76.2 Å². The molecule has 0 aliphatic heterocycles. The summed E-state index contributed by atoms with van der Waals surface area (Å²) in [5.41, 5.74) is 1.21. The van der Waals surface area contributed by atoms with E-state index in [0.717, 1.165) is 32.1 Å². The Bertz CT molecular complexity index is 292. The molecule has 0 heterocycles. The van der Waals surface area contributed by atoms with Crippen LogP contribution in [-0.4, -0.2) is 11.1 Å². The molecule has 0 saturated carbocycles. The van der Waals surface area contributed by atoms with Gasteiger partial charge >= 0.3 is 5.97 Å². The zero-order valence-electron chi connectivity index (χ0n) is 13.9. The molecule has 0 aromatic rings. The molecule has 0 spiro atoms. The predicted octanol–water partition coefficient (Wildman–Crippen LogP) is 6.27. The lowest BCUT2D eigenvalue weighted by atomic mass is 10.1. The highest BCUT2D eigenvalue weighted by Gasteiger charge is 1.97. The van der Waals surface area contributed by atoms with Gasteiger partial charge in [0.15, 0.2) is 0 Å². The number of carboxylic acids is 1. The van der Waals surface area contributed by atoms with Gasteiger partial charge in [0, 0.05) is 6.42 Å². The molecule has 2 nitrogen and oxygen atoms in total. The van der Waals surface area contributed by atoms with Crippen LogP contribution in [0.2, 0.25) is 0 Å². The van der Waals surface area contributed by atoms with Crippen molar-refractivity contribution in [1.29, 1.82) is 0 Å². The van der Waals surface area contributed by atoms with Crippen molar-refractivity contribution < 1.29 is 9.90 Å². The van der Waals surface area contributed by atoms with Crippen LogP contribution in [0.25, 0.3) is 0 Å². The van der Waals surface area contributed by atoms with E-state index in [2.05, 4.69) is 25.7 Å². The molecule has 0 aliphatic carbocycles. The van der Waals surface area contributed by atoms with E-state index in [9.17, 15) is 4.79 Å². The Balaban J connectivity index is 3.32. The molecule has 0 radical (unpaired) electrons. The third-order valence-corrected chi connectivity index (χ3v) is 3.72. The Morgan fingerprint density at radius 3 is 2.14 bits per heavy atom. The first kappa shape index (κ1) is 19.9. The lowest BCUT2D eigenvalue weighted by Crippen LogP contribution is -1.93. The lowest BCUT2D eigenvalue weighted by molar-refractivity contribution is -0.137. The van der Waals surface area contributed by atoms with Crippen molar-refractivity contribution in [2.75, 3.05) is 0 Å². The quantitative estimate of drug-likeness (QED) is 0.219. The standard InChI is InChI=1S/C19H34O2/c1-3-4-5-6-7-8-9-12-15-18(2)16-13-10-11-14-17-19(20)21/h12,15H,2-11,13-14,16-17H2,1H3,(H,20,21)/b15-12-/i2+1,18+1. The van der Waals surface area contributed by atoms with Gasteiger partial charge in [-0.05, 0) is 32.1 Å². The largest absolute Gasteiger partial charge is 0.481 e. The van der Waals surface area contributed by atoms with E-state index < -0.39 is 5.97 Å². The molecule has 0 rings (SSSR count). The molecule has 0 aromatic heterocycles. The third-order valence-electron chi connectivity index (χ3n) is 3.72. The first-order chi connectivity index (χ1) is 10.2. The molecule has 0 aliphatic rings. The molecule has 0 atom stereocenters. The van der Waals surface area contributed by atoms with Gasteiger partial charge in [-0.15, -0.1) is 0 Å². The summed E-state index contributed by atoms with van der Waals surface area (Å²) in [6, 6.07) is 0. The van der Waals surface area contributed by atoms with Crippen molar-refractivity contribution in [3.8, 4) is 0 Å². The monoisotopic (exact) mass is 296 g/mol. The summed E-state index contributed by atoms with van der Waals surface area (Å²) < 4.78 is 0. The van der Waals surface area contributed by atoms with Crippen LogP contribution in [-0.2, 0) is 4.79 Å². The average Bonchev–Trinajstić information content (AvgIpc) is 2.45. The van der Waals surface area contributed by atoms with E-state index in [1.165, 1.54) is 50.5 Å². The second-order valence-electron chi connectivity index (χ2n) is 5.93. The Morgan fingerprint density at radius 2 is 1.48 bits per heavy atom. The highest BCUT2D eigenvalue weighted by atomic mass is 16.4. The molecule has 2 heteroatoms. The summed E-state index contributed by atoms with van der Waals surface area (Å²) in [6.45, 7) is 6.33. The van der Waals surface area contributed by atoms with Crippen LogP contribution >= 0.6 is 0 Å². The number of allylic oxidation sites excluding steroid dienone is 3. The maximum Gasteiger partial charge on any atom is 0.303 e. The van der Waals surface area contributed by atoms with Crippen molar-refractivity contribution >= 4 is 5.97 Å². The predicted molar refractivity (Wildman–Crippen MR) is 91.6 cm³/mol. The molecule has 0 bridgehead atoms. The average molecular weight is 296 g/mol. The Hall–Kier alpha value is -1.05. The van der Waals surface area contributed by atoms with Crippen molar-refractivity contribution in [1.82, 2.24) is 0 Å². The molecule has 0 fully saturated rings. The number of carboxylic acid groups (broad SMARTS) is 1. The van der Waals surface area contributed by atoms with Crippen LogP contribution in [0.3, 0.4) is 0 Å². The summed E-state index contributed by atoms with van der Waals surface area (Å²) in [5.74, 6) is -0.683. The highest BCUT2D eigenvalue weighted by molar-refractivity contribution is 5.66. The van der Waals surface area contributed by atoms with Crippen LogP contribution in [0.15, 0.2) is 24.3 Å². The fourth-order valence-corrected chi connectivity index (χ4v) is 2.36. The summed E-state index contributed by atoms with van der Waals surface area (Å²) >= 11 is 0. The topological polar surface area (TPSA) is 37.3 Å². The zero-order valence-corrected chi connectivity index (χ0v) is 13.9. The maximum atomic E-state index is 10.4. The van der Waals surface area contributed by atoms with E-state index in [1.807, 2.05) is 0 Å². The van der Waals surface area contributed by atoms with Gasteiger partial charge < -0.3 is 5.11 Å². The van der Waals surface area contributed by atoms with E-state index in [4.69, 9.17) is 5.11 Å². The second kappa shape index (κ2) is 15.3. The lowest BCUT2D eigenvalue weighted by Gasteiger charge is -2.01. The number of unbranched alkanes of at least 4 members (excludes halogenated alkanes) is 9. The van der Waals surface area contributed by atoms with Crippen molar-refractivity contribution in [3.63, 3.8) is 0 Å². The smallest absolute Gasteiger partial charge is 0.303 e. The van der Waals surface area contributed by atoms with Crippen LogP contribution in [0.5, 0.6) is 0 Å². The minimum Gasteiger partial charge on any atom is -0.481 e. The summed E-state index contributed by atoms with van der Waals surface area (Å²) in [6.07, 6.45) is 19.1. The van der Waals surface area contributed by atoms with Crippen LogP contribution in [0, 0.1) is 0 Å². The van der Waals surface area contributed by atoms with Gasteiger partial charge in [0.25, 0.3) is 0 Å². The SMILES string of the molecule is CCCCCCCC/C=C\[13C](=[13CH2])CCCCCCC(=O)O. The van der Waals surface area contributed by atoms with E-state index in [0.29, 0.717) is 6.42 Å². The minimum atomic E-state index is -0.683. The Labute approximate surface area is 131 Å². The van der Waals surface area contributed by atoms with Crippen molar-refractivity contribution in [2.45, 2.75) is 90.4 Å². The normalized spacial score (nSPS) is 11.1. The van der Waals surface area contributed by atoms with Gasteiger partial charge in [-0.2, -0.15) is 0 Å². The van der Waals surface area contributed by atoms with Gasteiger partial charge in [0.05, 0.1) is 0 Å². The highest BCUT2D eigenvalue weighted by Crippen LogP contribution is 2.12. The van der Waals surface area contributed by atoms with Crippen molar-refractivity contribution in [2.24, 2.45) is 0 Å². The molecule has 21 heavy (non-hydrogen) atoms. The minimum absolute atomic E-state index is 0.305. The summed E-state index contributed by atoms with van der Waals surface area (Å²) in [5, 5.41) is 8.54. The Kier molecular flexibility index (Phi) is 14.6. The molecule has 122 valence electrons. The van der Waals surface area contributed by atoms with E-state index >= 15 is 0 Å². The molecular weight excluding hydrogens is 262 g/mol. The molecule has 0 aromatic carbocycles. The van der Waals surface area contributed by atoms with Crippen LogP contribution in [0.4, 0.5) is 0 Å². The number of hydrogen-bond acceptors (Lipinski definition) is 1. The summed E-state index contributed by atoms with van der Waals surface area (Å²) in [4.78, 5) is 10.4. The molecular formula is C19H34O2.